The Balaban J connectivity index is 1.84. The Morgan fingerprint density at radius 2 is 1.96 bits per heavy atom. The van der Waals surface area contributed by atoms with Gasteiger partial charge in [-0.1, -0.05) is 44.2 Å². The second-order valence-electron chi connectivity index (χ2n) is 6.58. The zero-order valence-electron chi connectivity index (χ0n) is 14.9. The lowest BCUT2D eigenvalue weighted by Crippen LogP contribution is -2.51. The van der Waals surface area contributed by atoms with Gasteiger partial charge in [-0.15, -0.1) is 0 Å². The highest BCUT2D eigenvalue weighted by Gasteiger charge is 2.45. The van der Waals surface area contributed by atoms with Crippen LogP contribution in [0.1, 0.15) is 62.0 Å². The number of nitrogens with one attached hydrogen (secondary N) is 1. The Bertz CT molecular complexity index is 765. The van der Waals surface area contributed by atoms with Crippen LogP contribution in [0.3, 0.4) is 0 Å². The molecule has 25 heavy (non-hydrogen) atoms. The van der Waals surface area contributed by atoms with Gasteiger partial charge in [0.1, 0.15) is 0 Å². The van der Waals surface area contributed by atoms with Crippen LogP contribution in [0.2, 0.25) is 0 Å². The monoisotopic (exact) mass is 340 g/mol. The fourth-order valence-corrected chi connectivity index (χ4v) is 3.42. The summed E-state index contributed by atoms with van der Waals surface area (Å²) in [7, 11) is 0. The first-order valence-electron chi connectivity index (χ1n) is 8.74. The van der Waals surface area contributed by atoms with Gasteiger partial charge >= 0.3 is 0 Å². The number of hydrogen-bond donors (Lipinski definition) is 1. The fraction of sp³-hybridized carbons (Fsp3) is 0.421. The van der Waals surface area contributed by atoms with Crippen LogP contribution in [0.5, 0.6) is 0 Å². The second kappa shape index (κ2) is 6.70. The third kappa shape index (κ3) is 3.04. The van der Waals surface area contributed by atoms with Gasteiger partial charge in [-0.25, -0.2) is 5.01 Å². The Labute approximate surface area is 147 Å². The molecule has 1 aromatic heterocycles. The Hall–Kier alpha value is -2.63. The molecule has 6 nitrogen and oxygen atoms in total. The van der Waals surface area contributed by atoms with Crippen molar-refractivity contribution in [2.24, 2.45) is 0 Å². The third-order valence-electron chi connectivity index (χ3n) is 5.25. The van der Waals surface area contributed by atoms with E-state index in [1.54, 1.807) is 17.1 Å². The average Bonchev–Trinajstić information content (AvgIpc) is 3.26. The standard InChI is InChI=1S/C19H24N4O2/c1-4-19(5-2)11-17(24)21-23(19)18(25)16-12-20-22(13-16)14(3)15-9-7-6-8-10-15/h6-10,12-14H,4-5,11H2,1-3H3,(H,21,24). The summed E-state index contributed by atoms with van der Waals surface area (Å²) in [6, 6.07) is 10.0. The van der Waals surface area contributed by atoms with E-state index in [1.807, 2.05) is 51.1 Å². The Morgan fingerprint density at radius 3 is 2.60 bits per heavy atom. The number of rotatable bonds is 5. The molecule has 6 heteroatoms. The van der Waals surface area contributed by atoms with Crippen LogP contribution in [-0.4, -0.2) is 32.1 Å². The summed E-state index contributed by atoms with van der Waals surface area (Å²) in [6.45, 7) is 6.05. The number of benzene rings is 1. The van der Waals surface area contributed by atoms with E-state index in [9.17, 15) is 9.59 Å². The molecule has 0 aliphatic carbocycles. The van der Waals surface area contributed by atoms with Gasteiger partial charge in [-0.05, 0) is 25.3 Å². The van der Waals surface area contributed by atoms with Gasteiger partial charge in [0.05, 0.1) is 29.8 Å². The summed E-state index contributed by atoms with van der Waals surface area (Å²) < 4.78 is 1.78. The van der Waals surface area contributed by atoms with Crippen molar-refractivity contribution in [3.05, 3.63) is 53.9 Å². The third-order valence-corrected chi connectivity index (χ3v) is 5.25. The number of nitrogens with zero attached hydrogens (tertiary/aromatic N) is 3. The van der Waals surface area contributed by atoms with Gasteiger partial charge in [0.25, 0.3) is 5.91 Å². The maximum atomic E-state index is 13.0. The lowest BCUT2D eigenvalue weighted by atomic mass is 9.89. The van der Waals surface area contributed by atoms with E-state index >= 15 is 0 Å². The average molecular weight is 340 g/mol. The predicted molar refractivity (Wildman–Crippen MR) is 94.7 cm³/mol. The number of carbonyl (C=O) groups is 2. The van der Waals surface area contributed by atoms with E-state index in [0.717, 1.165) is 18.4 Å². The molecule has 1 saturated heterocycles. The van der Waals surface area contributed by atoms with Crippen molar-refractivity contribution < 1.29 is 9.59 Å². The molecule has 1 atom stereocenters. The molecule has 132 valence electrons. The quantitative estimate of drug-likeness (QED) is 0.910. The van der Waals surface area contributed by atoms with Crippen LogP contribution >= 0.6 is 0 Å². The van der Waals surface area contributed by atoms with Gasteiger partial charge in [0.15, 0.2) is 0 Å². The molecule has 1 aliphatic heterocycles. The molecular weight excluding hydrogens is 316 g/mol. The van der Waals surface area contributed by atoms with Gasteiger partial charge in [0.2, 0.25) is 5.91 Å². The van der Waals surface area contributed by atoms with Gasteiger partial charge in [0, 0.05) is 6.20 Å². The summed E-state index contributed by atoms with van der Waals surface area (Å²) in [5, 5.41) is 5.86. The summed E-state index contributed by atoms with van der Waals surface area (Å²) >= 11 is 0. The van der Waals surface area contributed by atoms with E-state index in [1.165, 1.54) is 5.01 Å². The molecule has 1 N–H and O–H groups in total. The molecule has 0 radical (unpaired) electrons. The van der Waals surface area contributed by atoms with Crippen molar-refractivity contribution >= 4 is 11.8 Å². The smallest absolute Gasteiger partial charge is 0.273 e. The van der Waals surface area contributed by atoms with Gasteiger partial charge in [-0.2, -0.15) is 5.10 Å². The molecule has 1 fully saturated rings. The molecule has 1 unspecified atom stereocenters. The summed E-state index contributed by atoms with van der Waals surface area (Å²) in [5.74, 6) is -0.317. The van der Waals surface area contributed by atoms with Crippen LogP contribution in [0.4, 0.5) is 0 Å². The molecule has 0 spiro atoms. The van der Waals surface area contributed by atoms with Crippen LogP contribution in [-0.2, 0) is 4.79 Å². The lowest BCUT2D eigenvalue weighted by molar-refractivity contribution is -0.120. The van der Waals surface area contributed by atoms with E-state index in [4.69, 9.17) is 0 Å². The van der Waals surface area contributed by atoms with Crippen molar-refractivity contribution in [2.75, 3.05) is 0 Å². The van der Waals surface area contributed by atoms with Gasteiger partial charge < -0.3 is 0 Å². The van der Waals surface area contributed by atoms with Crippen LogP contribution in [0.15, 0.2) is 42.7 Å². The van der Waals surface area contributed by atoms with E-state index in [-0.39, 0.29) is 17.9 Å². The summed E-state index contributed by atoms with van der Waals surface area (Å²) in [4.78, 5) is 24.9. The topological polar surface area (TPSA) is 67.2 Å². The minimum Gasteiger partial charge on any atom is -0.273 e. The van der Waals surface area contributed by atoms with Crippen molar-refractivity contribution in [3.63, 3.8) is 0 Å². The number of hydrogen-bond acceptors (Lipinski definition) is 3. The van der Waals surface area contributed by atoms with Gasteiger partial charge in [-0.3, -0.25) is 19.7 Å². The predicted octanol–water partition coefficient (Wildman–Crippen LogP) is 2.93. The van der Waals surface area contributed by atoms with Crippen LogP contribution < -0.4 is 5.43 Å². The van der Waals surface area contributed by atoms with Crippen molar-refractivity contribution in [2.45, 2.75) is 51.6 Å². The van der Waals surface area contributed by atoms with E-state index in [2.05, 4.69) is 10.5 Å². The first kappa shape index (κ1) is 17.2. The molecular formula is C19H24N4O2. The highest BCUT2D eigenvalue weighted by Crippen LogP contribution is 2.32. The van der Waals surface area contributed by atoms with Crippen LogP contribution in [0.25, 0.3) is 0 Å². The first-order chi connectivity index (χ1) is 12.0. The molecule has 2 amide bonds. The molecule has 0 bridgehead atoms. The fourth-order valence-electron chi connectivity index (χ4n) is 3.42. The van der Waals surface area contributed by atoms with Crippen LogP contribution in [0, 0.1) is 0 Å². The van der Waals surface area contributed by atoms with Crippen molar-refractivity contribution in [3.8, 4) is 0 Å². The highest BCUT2D eigenvalue weighted by atomic mass is 16.2. The van der Waals surface area contributed by atoms with E-state index in [0.29, 0.717) is 12.0 Å². The summed E-state index contributed by atoms with van der Waals surface area (Å²) in [5.41, 5.74) is 3.87. The molecule has 2 heterocycles. The number of hydrazine groups is 1. The molecule has 1 aliphatic rings. The minimum atomic E-state index is -0.457. The normalized spacial score (nSPS) is 17.4. The number of amides is 2. The highest BCUT2D eigenvalue weighted by molar-refractivity contribution is 5.97. The van der Waals surface area contributed by atoms with Crippen molar-refractivity contribution in [1.29, 1.82) is 0 Å². The van der Waals surface area contributed by atoms with Crippen molar-refractivity contribution in [1.82, 2.24) is 20.2 Å². The molecule has 3 rings (SSSR count). The molecule has 2 aromatic rings. The number of aromatic nitrogens is 2. The molecule has 1 aromatic carbocycles. The second-order valence-corrected chi connectivity index (χ2v) is 6.58. The SMILES string of the molecule is CCC1(CC)CC(=O)NN1C(=O)c1cnn(C(C)c2ccccc2)c1. The minimum absolute atomic E-state index is 0.0260. The van der Waals surface area contributed by atoms with E-state index < -0.39 is 5.54 Å². The maximum absolute atomic E-state index is 13.0. The number of carbonyl (C=O) groups excluding carboxylic acids is 2. The maximum Gasteiger partial charge on any atom is 0.276 e. The zero-order valence-corrected chi connectivity index (χ0v) is 14.9. The first-order valence-corrected chi connectivity index (χ1v) is 8.74. The zero-order chi connectivity index (χ0) is 18.0. The Morgan fingerprint density at radius 1 is 1.28 bits per heavy atom. The molecule has 0 saturated carbocycles. The Kier molecular flexibility index (Phi) is 4.61. The largest absolute Gasteiger partial charge is 0.276 e. The summed E-state index contributed by atoms with van der Waals surface area (Å²) in [6.07, 6.45) is 5.12. The lowest BCUT2D eigenvalue weighted by Gasteiger charge is -2.34.